The van der Waals surface area contributed by atoms with E-state index in [0.29, 0.717) is 11.7 Å². The molecule has 0 saturated heterocycles. The van der Waals surface area contributed by atoms with Crippen LogP contribution >= 0.6 is 7.80 Å². The molecule has 0 radical (unpaired) electrons. The molecule has 27 heavy (non-hydrogen) atoms. The average molecular weight is 383 g/mol. The third kappa shape index (κ3) is 6.11. The molecular formula is C24H32O2P+. The molecule has 0 N–H and O–H groups in total. The van der Waals surface area contributed by atoms with Crippen LogP contribution in [0.25, 0.3) is 0 Å². The maximum Gasteiger partial charge on any atom is 0.420 e. The summed E-state index contributed by atoms with van der Waals surface area (Å²) in [5.41, 5.74) is 4.96. The van der Waals surface area contributed by atoms with Crippen molar-refractivity contribution < 1.29 is 9.36 Å². The molecule has 1 atom stereocenters. The molecule has 2 nitrogen and oxygen atoms in total. The summed E-state index contributed by atoms with van der Waals surface area (Å²) in [4.78, 5) is 12.7. The van der Waals surface area contributed by atoms with Crippen LogP contribution in [0.4, 0.5) is 0 Å². The van der Waals surface area contributed by atoms with Gasteiger partial charge in [-0.15, -0.1) is 0 Å². The van der Waals surface area contributed by atoms with Crippen LogP contribution in [-0.2, 0) is 16.4 Å². The second-order valence-electron chi connectivity index (χ2n) is 8.44. The third-order valence-electron chi connectivity index (χ3n) is 5.01. The Balaban J connectivity index is 1.90. The predicted octanol–water partition coefficient (Wildman–Crippen LogP) is 6.98. The Hall–Kier alpha value is -1.79. The summed E-state index contributed by atoms with van der Waals surface area (Å²) in [6.07, 6.45) is 4.44. The Morgan fingerprint density at radius 3 is 2.07 bits per heavy atom. The largest absolute Gasteiger partial charge is 0.420 e. The molecule has 0 bridgehead atoms. The van der Waals surface area contributed by atoms with Gasteiger partial charge in [-0.1, -0.05) is 67.8 Å². The SMILES string of the molecule is Cc1cc(C(C)(C)C)cc(C)c1C(=O)[P+](=O)CCCCCc1ccccc1. The zero-order chi connectivity index (χ0) is 20.0. The van der Waals surface area contributed by atoms with Crippen molar-refractivity contribution in [2.24, 2.45) is 0 Å². The normalized spacial score (nSPS) is 12.1. The van der Waals surface area contributed by atoms with Gasteiger partial charge < -0.3 is 0 Å². The van der Waals surface area contributed by atoms with E-state index in [9.17, 15) is 9.36 Å². The van der Waals surface area contributed by atoms with Crippen molar-refractivity contribution in [3.05, 3.63) is 70.3 Å². The summed E-state index contributed by atoms with van der Waals surface area (Å²) in [7, 11) is -1.85. The van der Waals surface area contributed by atoms with Gasteiger partial charge in [-0.25, -0.2) is 4.79 Å². The lowest BCUT2D eigenvalue weighted by Crippen LogP contribution is -2.13. The summed E-state index contributed by atoms with van der Waals surface area (Å²) in [5, 5.41) is 0. The molecule has 0 fully saturated rings. The van der Waals surface area contributed by atoms with Crippen molar-refractivity contribution in [3.8, 4) is 0 Å². The first-order chi connectivity index (χ1) is 12.7. The second-order valence-corrected chi connectivity index (χ2v) is 10.0. The minimum Gasteiger partial charge on any atom is -0.234 e. The minimum absolute atomic E-state index is 0.0397. The number of aryl methyl sites for hydroxylation is 3. The minimum atomic E-state index is -1.85. The van der Waals surface area contributed by atoms with E-state index in [-0.39, 0.29) is 10.9 Å². The summed E-state index contributed by atoms with van der Waals surface area (Å²) >= 11 is 0. The number of rotatable bonds is 8. The standard InChI is InChI=1S/C24H32O2P/c1-18-16-21(24(3,4)5)17-19(2)22(18)23(25)27(26)15-11-7-10-14-20-12-8-6-9-13-20/h6,8-9,12-13,16-17H,7,10-11,14-15H2,1-5H3/q+1. The molecule has 0 spiro atoms. The maximum atomic E-state index is 12.7. The fourth-order valence-electron chi connectivity index (χ4n) is 3.37. The first-order valence-corrected chi connectivity index (χ1v) is 11.3. The number of hydrogen-bond acceptors (Lipinski definition) is 2. The highest BCUT2D eigenvalue weighted by Crippen LogP contribution is 2.34. The van der Waals surface area contributed by atoms with E-state index in [1.807, 2.05) is 19.9 Å². The van der Waals surface area contributed by atoms with Crippen molar-refractivity contribution in [3.63, 3.8) is 0 Å². The van der Waals surface area contributed by atoms with Crippen molar-refractivity contribution in [2.75, 3.05) is 6.16 Å². The van der Waals surface area contributed by atoms with E-state index in [0.717, 1.165) is 36.8 Å². The molecule has 0 aliphatic heterocycles. The van der Waals surface area contributed by atoms with Crippen LogP contribution in [0.15, 0.2) is 42.5 Å². The zero-order valence-electron chi connectivity index (χ0n) is 17.3. The van der Waals surface area contributed by atoms with Crippen LogP contribution in [0.3, 0.4) is 0 Å². The second kappa shape index (κ2) is 9.42. The summed E-state index contributed by atoms with van der Waals surface area (Å²) in [6, 6.07) is 14.6. The molecule has 144 valence electrons. The highest BCUT2D eigenvalue weighted by molar-refractivity contribution is 7.64. The molecular weight excluding hydrogens is 351 g/mol. The van der Waals surface area contributed by atoms with Crippen LogP contribution in [0.5, 0.6) is 0 Å². The van der Waals surface area contributed by atoms with E-state index < -0.39 is 7.80 Å². The number of carbonyl (C=O) groups excluding carboxylic acids is 1. The Morgan fingerprint density at radius 2 is 1.52 bits per heavy atom. The first-order valence-electron chi connectivity index (χ1n) is 9.85. The summed E-state index contributed by atoms with van der Waals surface area (Å²) < 4.78 is 12.6. The van der Waals surface area contributed by atoms with Gasteiger partial charge >= 0.3 is 13.3 Å². The molecule has 0 aromatic heterocycles. The van der Waals surface area contributed by atoms with E-state index in [2.05, 4.69) is 57.2 Å². The summed E-state index contributed by atoms with van der Waals surface area (Å²) in [6.45, 7) is 10.4. The highest BCUT2D eigenvalue weighted by atomic mass is 31.1. The van der Waals surface area contributed by atoms with Crippen LogP contribution in [0, 0.1) is 13.8 Å². The fourth-order valence-corrected chi connectivity index (χ4v) is 4.68. The van der Waals surface area contributed by atoms with Gasteiger partial charge in [0, 0.05) is 0 Å². The van der Waals surface area contributed by atoms with Gasteiger partial charge in [-0.2, -0.15) is 0 Å². The summed E-state index contributed by atoms with van der Waals surface area (Å²) in [5.74, 6) is 0. The Labute approximate surface area is 165 Å². The monoisotopic (exact) mass is 383 g/mol. The lowest BCUT2D eigenvalue weighted by Gasteiger charge is -2.21. The Morgan fingerprint density at radius 1 is 0.926 bits per heavy atom. The van der Waals surface area contributed by atoms with Gasteiger partial charge in [0.15, 0.2) is 6.16 Å². The fraction of sp³-hybridized carbons (Fsp3) is 0.458. The van der Waals surface area contributed by atoms with Gasteiger partial charge in [-0.3, -0.25) is 0 Å². The Bertz CT molecular complexity index is 778. The van der Waals surface area contributed by atoms with Crippen LogP contribution in [-0.4, -0.2) is 11.7 Å². The Kier molecular flexibility index (Phi) is 7.50. The van der Waals surface area contributed by atoms with E-state index in [4.69, 9.17) is 0 Å². The molecule has 0 aliphatic rings. The predicted molar refractivity (Wildman–Crippen MR) is 115 cm³/mol. The topological polar surface area (TPSA) is 34.1 Å². The maximum absolute atomic E-state index is 12.7. The van der Waals surface area contributed by atoms with Gasteiger partial charge in [-0.05, 0) is 67.2 Å². The number of carbonyl (C=O) groups is 1. The van der Waals surface area contributed by atoms with Crippen molar-refractivity contribution in [2.45, 2.75) is 65.7 Å². The number of unbranched alkanes of at least 4 members (excludes halogenated alkanes) is 2. The molecule has 1 unspecified atom stereocenters. The van der Waals surface area contributed by atoms with Crippen LogP contribution < -0.4 is 0 Å². The quantitative estimate of drug-likeness (QED) is 0.364. The molecule has 0 aliphatic carbocycles. The lowest BCUT2D eigenvalue weighted by atomic mass is 9.84. The van der Waals surface area contributed by atoms with Crippen molar-refractivity contribution in [1.29, 1.82) is 0 Å². The van der Waals surface area contributed by atoms with E-state index >= 15 is 0 Å². The molecule has 2 aromatic rings. The molecule has 2 aromatic carbocycles. The number of hydrogen-bond donors (Lipinski definition) is 0. The van der Waals surface area contributed by atoms with E-state index in [1.165, 1.54) is 11.1 Å². The molecule has 0 saturated carbocycles. The molecule has 0 heterocycles. The van der Waals surface area contributed by atoms with Gasteiger partial charge in [0.05, 0.1) is 5.56 Å². The van der Waals surface area contributed by atoms with Crippen molar-refractivity contribution in [1.82, 2.24) is 0 Å². The number of benzene rings is 2. The molecule has 3 heteroatoms. The zero-order valence-corrected chi connectivity index (χ0v) is 18.2. The highest BCUT2D eigenvalue weighted by Gasteiger charge is 2.32. The van der Waals surface area contributed by atoms with Crippen molar-refractivity contribution >= 4 is 13.3 Å². The lowest BCUT2D eigenvalue weighted by molar-refractivity contribution is 0.107. The molecule has 2 rings (SSSR count). The van der Waals surface area contributed by atoms with Crippen LogP contribution in [0.2, 0.25) is 0 Å². The smallest absolute Gasteiger partial charge is 0.234 e. The van der Waals surface area contributed by atoms with Gasteiger partial charge in [0.25, 0.3) is 0 Å². The van der Waals surface area contributed by atoms with Gasteiger partial charge in [0.2, 0.25) is 0 Å². The average Bonchev–Trinajstić information content (AvgIpc) is 2.60. The van der Waals surface area contributed by atoms with Gasteiger partial charge in [0.1, 0.15) is 0 Å². The van der Waals surface area contributed by atoms with Crippen LogP contribution in [0.1, 0.15) is 72.6 Å². The first kappa shape index (κ1) is 21.5. The molecule has 0 amide bonds. The van der Waals surface area contributed by atoms with E-state index in [1.54, 1.807) is 0 Å². The third-order valence-corrected chi connectivity index (χ3v) is 6.41.